The van der Waals surface area contributed by atoms with E-state index in [1.54, 1.807) is 0 Å². The fourth-order valence-corrected chi connectivity index (χ4v) is 8.87. The summed E-state index contributed by atoms with van der Waals surface area (Å²) in [6, 6.07) is 61.7. The molecule has 8 heteroatoms. The summed E-state index contributed by atoms with van der Waals surface area (Å²) in [7, 11) is 2.18. The Morgan fingerprint density at radius 2 is 1.19 bits per heavy atom. The zero-order valence-electron chi connectivity index (χ0n) is 31.7. The van der Waals surface area contributed by atoms with Crippen molar-refractivity contribution in [1.29, 1.82) is 0 Å². The fraction of sp³-hybridized carbons (Fsp3) is 0.0196. The molecular weight excluding hydrogens is 908 g/mol. The van der Waals surface area contributed by atoms with Gasteiger partial charge in [-0.15, -0.1) is 24.3 Å². The van der Waals surface area contributed by atoms with Gasteiger partial charge in [0.05, 0.1) is 22.2 Å². The summed E-state index contributed by atoms with van der Waals surface area (Å²) in [5.41, 5.74) is 9.52. The van der Waals surface area contributed by atoms with E-state index in [4.69, 9.17) is 9.72 Å². The Morgan fingerprint density at radius 1 is 0.542 bits per heavy atom. The third-order valence-electron chi connectivity index (χ3n) is 11.3. The molecule has 0 bridgehead atoms. The molecule has 284 valence electrons. The number of nitrogens with zero attached hydrogens (tertiary/aromatic N) is 6. The third kappa shape index (κ3) is 5.32. The molecule has 0 saturated heterocycles. The second-order valence-electron chi connectivity index (χ2n) is 14.5. The second kappa shape index (κ2) is 13.7. The number of fused-ring (bicyclic) bond motifs is 12. The first kappa shape index (κ1) is 35.0. The van der Waals surface area contributed by atoms with E-state index >= 15 is 0 Å². The van der Waals surface area contributed by atoms with Crippen molar-refractivity contribution in [2.75, 3.05) is 0 Å². The van der Waals surface area contributed by atoms with Gasteiger partial charge in [-0.25, -0.2) is 4.98 Å². The van der Waals surface area contributed by atoms with Crippen molar-refractivity contribution in [2.45, 2.75) is 0 Å². The minimum atomic E-state index is 0. The molecule has 59 heavy (non-hydrogen) atoms. The maximum atomic E-state index is 6.62. The summed E-state index contributed by atoms with van der Waals surface area (Å²) < 4.78 is 17.6. The van der Waals surface area contributed by atoms with Gasteiger partial charge in [0.1, 0.15) is 5.82 Å². The number of aromatic nitrogens is 6. The molecule has 7 aromatic carbocycles. The van der Waals surface area contributed by atoms with E-state index in [9.17, 15) is 0 Å². The number of para-hydroxylation sites is 4. The number of hydrogen-bond donors (Lipinski definition) is 0. The molecule has 0 aliphatic heterocycles. The van der Waals surface area contributed by atoms with Gasteiger partial charge < -0.3 is 23.0 Å². The third-order valence-corrected chi connectivity index (χ3v) is 11.3. The molecule has 0 aliphatic carbocycles. The Hall–Kier alpha value is -7.21. The van der Waals surface area contributed by atoms with Crippen molar-refractivity contribution in [3.05, 3.63) is 195 Å². The Labute approximate surface area is 353 Å². The maximum absolute atomic E-state index is 6.62. The van der Waals surface area contributed by atoms with Crippen molar-refractivity contribution in [3.8, 4) is 34.4 Å². The van der Waals surface area contributed by atoms with Gasteiger partial charge in [0.2, 0.25) is 0 Å². The Bertz CT molecular complexity index is 3550. The molecule has 0 aliphatic rings. The quantitative estimate of drug-likeness (QED) is 0.123. The molecule has 5 heterocycles. The predicted molar refractivity (Wildman–Crippen MR) is 231 cm³/mol. The van der Waals surface area contributed by atoms with Gasteiger partial charge in [-0.2, -0.15) is 18.2 Å². The first-order valence-corrected chi connectivity index (χ1v) is 19.3. The molecule has 12 rings (SSSR count). The molecule has 12 aromatic rings. The van der Waals surface area contributed by atoms with Crippen LogP contribution < -0.4 is 9.30 Å². The zero-order chi connectivity index (χ0) is 38.3. The summed E-state index contributed by atoms with van der Waals surface area (Å²) in [5.74, 6) is 1.95. The molecule has 0 saturated carbocycles. The second-order valence-corrected chi connectivity index (χ2v) is 14.5. The number of hydrogen-bond acceptors (Lipinski definition) is 2. The molecule has 0 unspecified atom stereocenters. The predicted octanol–water partition coefficient (Wildman–Crippen LogP) is 11.2. The van der Waals surface area contributed by atoms with Crippen LogP contribution in [0, 0.1) is 18.5 Å². The minimum absolute atomic E-state index is 0. The first-order valence-electron chi connectivity index (χ1n) is 19.3. The van der Waals surface area contributed by atoms with Gasteiger partial charge in [0.25, 0.3) is 6.33 Å². The topological polar surface area (TPSA) is 45.7 Å². The molecule has 0 atom stereocenters. The van der Waals surface area contributed by atoms with Crippen LogP contribution in [0.5, 0.6) is 11.5 Å². The SMILES string of the molecule is Cn1c2ccccc2c2c1c1c3ccc(Oc4[c-]c(-[n+]5[c-]n(-c6ccccc6)cc5)ccc4)[c-]c3n(-c3ccccn3)c1c1c3ccccc3n(-c3ccccc3)c21.[Pt]. The monoisotopic (exact) mass is 939 g/mol. The van der Waals surface area contributed by atoms with Crippen LogP contribution in [0.1, 0.15) is 0 Å². The zero-order valence-corrected chi connectivity index (χ0v) is 33.9. The first-order chi connectivity index (χ1) is 28.7. The Kier molecular flexibility index (Phi) is 8.14. The van der Waals surface area contributed by atoms with Gasteiger partial charge >= 0.3 is 0 Å². The van der Waals surface area contributed by atoms with Crippen LogP contribution in [0.4, 0.5) is 0 Å². The molecule has 0 radical (unpaired) electrons. The Balaban J connectivity index is 0.00000397. The summed E-state index contributed by atoms with van der Waals surface area (Å²) in [5, 5.41) is 6.95. The standard InChI is InChI=1S/C51H32N6O.Pt/c1-53-42-23-10-8-21-39(42)46-49(53)47-41-27-26-38(58-37-20-14-19-36(31-37)55-30-29-54(33-55)34-15-4-2-5-16-34)32-44(41)57(45-25-12-13-28-52-45)51(47)48-40-22-9-11-24-43(40)56(50(46)48)35-17-6-3-7-18-35;/h2-30H,1H3;/q-2;. The fourth-order valence-electron chi connectivity index (χ4n) is 8.87. The van der Waals surface area contributed by atoms with E-state index in [1.807, 2.05) is 82.3 Å². The van der Waals surface area contributed by atoms with Gasteiger partial charge in [0, 0.05) is 96.5 Å². The average molecular weight is 940 g/mol. The van der Waals surface area contributed by atoms with Crippen LogP contribution >= 0.6 is 0 Å². The summed E-state index contributed by atoms with van der Waals surface area (Å²) in [4.78, 5) is 4.98. The van der Waals surface area contributed by atoms with Crippen molar-refractivity contribution in [1.82, 2.24) is 23.3 Å². The van der Waals surface area contributed by atoms with E-state index in [0.29, 0.717) is 11.5 Å². The number of aryl methyl sites for hydroxylation is 1. The van der Waals surface area contributed by atoms with E-state index in [0.717, 1.165) is 66.6 Å². The van der Waals surface area contributed by atoms with Gasteiger partial charge in [0.15, 0.2) is 0 Å². The molecule has 0 spiro atoms. The van der Waals surface area contributed by atoms with Gasteiger partial charge in [-0.05, 0) is 59.6 Å². The minimum Gasteiger partial charge on any atom is -0.510 e. The van der Waals surface area contributed by atoms with Gasteiger partial charge in [-0.3, -0.25) is 4.57 Å². The molecule has 0 amide bonds. The Morgan fingerprint density at radius 3 is 1.97 bits per heavy atom. The maximum Gasteiger partial charge on any atom is 0.267 e. The number of ether oxygens (including phenoxy) is 1. The van der Waals surface area contributed by atoms with Crippen LogP contribution in [0.25, 0.3) is 88.3 Å². The smallest absolute Gasteiger partial charge is 0.267 e. The van der Waals surface area contributed by atoms with Crippen LogP contribution in [0.3, 0.4) is 0 Å². The molecular formula is C51H32N6OPt-2. The van der Waals surface area contributed by atoms with Crippen molar-refractivity contribution < 1.29 is 30.4 Å². The van der Waals surface area contributed by atoms with E-state index in [2.05, 4.69) is 142 Å². The molecule has 0 N–H and O–H groups in total. The molecule has 0 fully saturated rings. The van der Waals surface area contributed by atoms with Crippen molar-refractivity contribution in [3.63, 3.8) is 0 Å². The summed E-state index contributed by atoms with van der Waals surface area (Å²) >= 11 is 0. The van der Waals surface area contributed by atoms with Crippen LogP contribution in [-0.2, 0) is 28.1 Å². The van der Waals surface area contributed by atoms with E-state index in [1.165, 1.54) is 21.7 Å². The van der Waals surface area contributed by atoms with Crippen LogP contribution in [0.2, 0.25) is 0 Å². The van der Waals surface area contributed by atoms with Gasteiger partial charge in [-0.1, -0.05) is 89.8 Å². The molecule has 5 aromatic heterocycles. The van der Waals surface area contributed by atoms with Crippen LogP contribution in [-0.4, -0.2) is 23.3 Å². The van der Waals surface area contributed by atoms with Crippen molar-refractivity contribution >= 4 is 65.4 Å². The molecule has 7 nitrogen and oxygen atoms in total. The van der Waals surface area contributed by atoms with Crippen molar-refractivity contribution in [2.24, 2.45) is 7.05 Å². The number of pyridine rings is 1. The summed E-state index contributed by atoms with van der Waals surface area (Å²) in [6.45, 7) is 0. The largest absolute Gasteiger partial charge is 0.510 e. The summed E-state index contributed by atoms with van der Waals surface area (Å²) in [6.07, 6.45) is 9.20. The normalized spacial score (nSPS) is 11.7. The van der Waals surface area contributed by atoms with Crippen LogP contribution in [0.15, 0.2) is 176 Å². The number of imidazole rings is 1. The van der Waals surface area contributed by atoms with E-state index in [-0.39, 0.29) is 21.1 Å². The number of benzene rings is 7. The number of rotatable bonds is 6. The average Bonchev–Trinajstić information content (AvgIpc) is 4.05. The van der Waals surface area contributed by atoms with E-state index < -0.39 is 0 Å².